The van der Waals surface area contributed by atoms with E-state index in [0.29, 0.717) is 27.7 Å². The quantitative estimate of drug-likeness (QED) is 0.342. The maximum absolute atomic E-state index is 13.0. The predicted octanol–water partition coefficient (Wildman–Crippen LogP) is 6.93. The number of rotatable bonds is 4. The van der Waals surface area contributed by atoms with Crippen molar-refractivity contribution in [2.75, 3.05) is 5.32 Å². The lowest BCUT2D eigenvalue weighted by atomic mass is 9.99. The zero-order chi connectivity index (χ0) is 19.7. The second-order valence-corrected chi connectivity index (χ2v) is 7.67. The number of nitrogens with zero attached hydrogens (tertiary/aromatic N) is 1. The van der Waals surface area contributed by atoms with Gasteiger partial charge in [0.1, 0.15) is 5.82 Å². The summed E-state index contributed by atoms with van der Waals surface area (Å²) in [7, 11) is 0. The lowest BCUT2D eigenvalue weighted by Crippen LogP contribution is -2.06. The summed E-state index contributed by atoms with van der Waals surface area (Å²) >= 11 is 10.2. The minimum Gasteiger partial charge on any atom is -0.338 e. The molecule has 0 amide bonds. The number of aromatic nitrogens is 1. The monoisotopic (exact) mass is 450 g/mol. The Labute approximate surface area is 176 Å². The van der Waals surface area contributed by atoms with E-state index >= 15 is 0 Å². The number of ketones is 1. The molecule has 4 rings (SSSR count). The maximum atomic E-state index is 13.0. The molecule has 0 spiro atoms. The van der Waals surface area contributed by atoms with Gasteiger partial charge in [-0.25, -0.2) is 4.98 Å². The molecule has 1 heterocycles. The summed E-state index contributed by atoms with van der Waals surface area (Å²) < 4.78 is 0.920. The molecule has 0 unspecified atom stereocenters. The van der Waals surface area contributed by atoms with E-state index in [2.05, 4.69) is 26.2 Å². The van der Waals surface area contributed by atoms with Crippen molar-refractivity contribution in [2.24, 2.45) is 0 Å². The van der Waals surface area contributed by atoms with Gasteiger partial charge in [-0.1, -0.05) is 66.2 Å². The van der Waals surface area contributed by atoms with Crippen LogP contribution in [0.25, 0.3) is 10.8 Å². The summed E-state index contributed by atoms with van der Waals surface area (Å²) in [5.41, 5.74) is 2.67. The van der Waals surface area contributed by atoms with Crippen molar-refractivity contribution in [2.45, 2.75) is 6.92 Å². The van der Waals surface area contributed by atoms with Crippen LogP contribution >= 0.6 is 27.5 Å². The maximum Gasteiger partial charge on any atom is 0.194 e. The standard InChI is InChI=1S/C23H16BrClN2O/c1-14-7-2-3-8-15(14)22(28)18-11-6-12-20(21(18)25)27-23-17-10-5-4-9-16(17)19(24)13-26-23/h2-13H,1H3,(H,26,27). The van der Waals surface area contributed by atoms with Gasteiger partial charge >= 0.3 is 0 Å². The molecular weight excluding hydrogens is 436 g/mol. The predicted molar refractivity (Wildman–Crippen MR) is 119 cm³/mol. The molecule has 0 saturated carbocycles. The average molecular weight is 452 g/mol. The Morgan fingerprint density at radius 2 is 1.61 bits per heavy atom. The topological polar surface area (TPSA) is 42.0 Å². The highest BCUT2D eigenvalue weighted by Crippen LogP contribution is 2.34. The van der Waals surface area contributed by atoms with Crippen molar-refractivity contribution in [3.8, 4) is 0 Å². The first kappa shape index (κ1) is 18.7. The number of halogens is 2. The molecule has 0 fully saturated rings. The van der Waals surface area contributed by atoms with Crippen LogP contribution in [-0.2, 0) is 0 Å². The molecule has 28 heavy (non-hydrogen) atoms. The van der Waals surface area contributed by atoms with Gasteiger partial charge in [-0.3, -0.25) is 4.79 Å². The first-order chi connectivity index (χ1) is 13.6. The number of carbonyl (C=O) groups excluding carboxylic acids is 1. The fourth-order valence-corrected chi connectivity index (χ4v) is 3.87. The van der Waals surface area contributed by atoms with Gasteiger partial charge in [0.25, 0.3) is 0 Å². The largest absolute Gasteiger partial charge is 0.338 e. The van der Waals surface area contributed by atoms with Gasteiger partial charge in [0.2, 0.25) is 0 Å². The smallest absolute Gasteiger partial charge is 0.194 e. The number of aryl methyl sites for hydroxylation is 1. The number of pyridine rings is 1. The number of anilines is 2. The molecule has 0 atom stereocenters. The summed E-state index contributed by atoms with van der Waals surface area (Å²) in [4.78, 5) is 17.5. The van der Waals surface area contributed by atoms with Crippen molar-refractivity contribution < 1.29 is 4.79 Å². The van der Waals surface area contributed by atoms with Gasteiger partial charge in [0, 0.05) is 32.6 Å². The number of hydrogen-bond donors (Lipinski definition) is 1. The highest BCUT2D eigenvalue weighted by Gasteiger charge is 2.17. The minimum absolute atomic E-state index is 0.0969. The highest BCUT2D eigenvalue weighted by atomic mass is 79.9. The normalized spacial score (nSPS) is 10.8. The molecule has 1 N–H and O–H groups in total. The highest BCUT2D eigenvalue weighted by molar-refractivity contribution is 9.10. The number of carbonyl (C=O) groups is 1. The van der Waals surface area contributed by atoms with Crippen LogP contribution in [0, 0.1) is 6.92 Å². The third-order valence-electron chi connectivity index (χ3n) is 4.63. The van der Waals surface area contributed by atoms with E-state index in [1.165, 1.54) is 0 Å². The van der Waals surface area contributed by atoms with Crippen LogP contribution in [-0.4, -0.2) is 10.8 Å². The molecule has 0 aliphatic carbocycles. The summed E-state index contributed by atoms with van der Waals surface area (Å²) in [6.07, 6.45) is 1.75. The number of nitrogens with one attached hydrogen (secondary N) is 1. The zero-order valence-electron chi connectivity index (χ0n) is 15.0. The van der Waals surface area contributed by atoms with Gasteiger partial charge in [-0.15, -0.1) is 0 Å². The fourth-order valence-electron chi connectivity index (χ4n) is 3.16. The molecule has 0 saturated heterocycles. The van der Waals surface area contributed by atoms with Crippen molar-refractivity contribution >= 4 is 55.6 Å². The minimum atomic E-state index is -0.0969. The molecule has 1 aromatic heterocycles. The molecule has 5 heteroatoms. The lowest BCUT2D eigenvalue weighted by Gasteiger charge is -2.13. The Hall–Kier alpha value is -2.69. The molecule has 0 aliphatic rings. The molecule has 0 aliphatic heterocycles. The van der Waals surface area contributed by atoms with Crippen molar-refractivity contribution in [1.29, 1.82) is 0 Å². The van der Waals surface area contributed by atoms with Gasteiger partial charge < -0.3 is 5.32 Å². The Morgan fingerprint density at radius 3 is 2.39 bits per heavy atom. The van der Waals surface area contributed by atoms with Crippen LogP contribution < -0.4 is 5.32 Å². The Morgan fingerprint density at radius 1 is 0.929 bits per heavy atom. The second kappa shape index (κ2) is 7.74. The van der Waals surface area contributed by atoms with Crippen LogP contribution in [0.1, 0.15) is 21.5 Å². The lowest BCUT2D eigenvalue weighted by molar-refractivity contribution is 0.103. The summed E-state index contributed by atoms with van der Waals surface area (Å²) in [6.45, 7) is 1.92. The van der Waals surface area contributed by atoms with Crippen LogP contribution in [0.2, 0.25) is 5.02 Å². The van der Waals surface area contributed by atoms with Crippen LogP contribution in [0.15, 0.2) is 77.4 Å². The first-order valence-corrected chi connectivity index (χ1v) is 9.92. The number of benzene rings is 3. The molecule has 4 aromatic rings. The van der Waals surface area contributed by atoms with Gasteiger partial charge in [-0.05, 0) is 40.5 Å². The molecule has 138 valence electrons. The Kier molecular flexibility index (Phi) is 5.16. The van der Waals surface area contributed by atoms with Crippen molar-refractivity contribution in [3.63, 3.8) is 0 Å². The molecule has 0 bridgehead atoms. The van der Waals surface area contributed by atoms with E-state index in [1.54, 1.807) is 12.3 Å². The van der Waals surface area contributed by atoms with E-state index in [9.17, 15) is 4.79 Å². The Bertz CT molecular complexity index is 1210. The summed E-state index contributed by atoms with van der Waals surface area (Å²) in [6, 6.07) is 20.9. The molecule has 3 aromatic carbocycles. The number of fused-ring (bicyclic) bond motifs is 1. The van der Waals surface area contributed by atoms with E-state index in [-0.39, 0.29) is 5.78 Å². The third-order valence-corrected chi connectivity index (χ3v) is 5.67. The van der Waals surface area contributed by atoms with Gasteiger partial charge in [0.05, 0.1) is 10.7 Å². The first-order valence-electron chi connectivity index (χ1n) is 8.75. The average Bonchev–Trinajstić information content (AvgIpc) is 2.71. The Balaban J connectivity index is 1.76. The third kappa shape index (κ3) is 3.41. The van der Waals surface area contributed by atoms with Crippen LogP contribution in [0.4, 0.5) is 11.5 Å². The SMILES string of the molecule is Cc1ccccc1C(=O)c1cccc(Nc2ncc(Br)c3ccccc23)c1Cl. The summed E-state index contributed by atoms with van der Waals surface area (Å²) in [5, 5.41) is 5.67. The van der Waals surface area contributed by atoms with Crippen LogP contribution in [0.5, 0.6) is 0 Å². The molecular formula is C23H16BrClN2O. The molecule has 0 radical (unpaired) electrons. The summed E-state index contributed by atoms with van der Waals surface area (Å²) in [5.74, 6) is 0.585. The van der Waals surface area contributed by atoms with E-state index < -0.39 is 0 Å². The molecule has 3 nitrogen and oxygen atoms in total. The fraction of sp³-hybridized carbons (Fsp3) is 0.0435. The number of hydrogen-bond acceptors (Lipinski definition) is 3. The van der Waals surface area contributed by atoms with E-state index in [4.69, 9.17) is 11.6 Å². The van der Waals surface area contributed by atoms with E-state index in [0.717, 1.165) is 20.8 Å². The van der Waals surface area contributed by atoms with Crippen LogP contribution in [0.3, 0.4) is 0 Å². The van der Waals surface area contributed by atoms with Gasteiger partial charge in [0.15, 0.2) is 5.78 Å². The van der Waals surface area contributed by atoms with Gasteiger partial charge in [-0.2, -0.15) is 0 Å². The second-order valence-electron chi connectivity index (χ2n) is 6.44. The zero-order valence-corrected chi connectivity index (χ0v) is 17.4. The van der Waals surface area contributed by atoms with E-state index in [1.807, 2.05) is 67.6 Å². The van der Waals surface area contributed by atoms with Crippen molar-refractivity contribution in [1.82, 2.24) is 4.98 Å². The van der Waals surface area contributed by atoms with Crippen molar-refractivity contribution in [3.05, 3.63) is 99.1 Å².